The van der Waals surface area contributed by atoms with Gasteiger partial charge in [0.25, 0.3) is 0 Å². The maximum Gasteiger partial charge on any atom is 0.322 e. The summed E-state index contributed by atoms with van der Waals surface area (Å²) in [6.07, 6.45) is 27.9. The van der Waals surface area contributed by atoms with Gasteiger partial charge in [-0.2, -0.15) is 23.5 Å². The first-order valence-electron chi connectivity index (χ1n) is 25.5. The summed E-state index contributed by atoms with van der Waals surface area (Å²) in [6, 6.07) is 0. The molecule has 0 aromatic heterocycles. The number of hydrogen-bond donors (Lipinski definition) is 1. The number of methoxy groups -OCH3 is 1. The van der Waals surface area contributed by atoms with Crippen LogP contribution < -0.4 is 0 Å². The zero-order chi connectivity index (χ0) is 50.0. The molecule has 16 heteroatoms. The second-order valence-electron chi connectivity index (χ2n) is 16.6. The molecule has 0 saturated heterocycles. The van der Waals surface area contributed by atoms with Gasteiger partial charge in [-0.05, 0) is 87.6 Å². The number of aldehydes is 1. The number of carbonyl (C=O) groups is 4. The second kappa shape index (κ2) is 65.2. The molecule has 66 heavy (non-hydrogen) atoms. The minimum atomic E-state index is -0.166. The van der Waals surface area contributed by atoms with E-state index in [1.165, 1.54) is 132 Å². The number of unbranched alkanes of at least 4 members (excludes halogenated alkanes) is 15. The average molecular weight is 1050 g/mol. The van der Waals surface area contributed by atoms with E-state index in [2.05, 4.69) is 44.5 Å². The van der Waals surface area contributed by atoms with E-state index in [0.717, 1.165) is 98.3 Å². The molecule has 0 aromatic rings. The lowest BCUT2D eigenvalue weighted by Gasteiger charge is -2.23. The van der Waals surface area contributed by atoms with Gasteiger partial charge in [0.15, 0.2) is 0 Å². The van der Waals surface area contributed by atoms with Gasteiger partial charge in [0.1, 0.15) is 30.8 Å². The molecule has 0 aliphatic rings. The van der Waals surface area contributed by atoms with E-state index in [9.17, 15) is 14.4 Å². The first-order valence-corrected chi connectivity index (χ1v) is 32.5. The lowest BCUT2D eigenvalue weighted by Crippen LogP contribution is -2.31. The highest BCUT2D eigenvalue weighted by Crippen LogP contribution is 2.25. The Bertz CT molecular complexity index is 963. The molecule has 0 rings (SSSR count). The van der Waals surface area contributed by atoms with Crippen LogP contribution in [0.3, 0.4) is 0 Å². The second-order valence-corrected chi connectivity index (χ2v) is 23.7. The third-order valence-electron chi connectivity index (χ3n) is 9.97. The van der Waals surface area contributed by atoms with Crippen LogP contribution in [-0.2, 0) is 32.8 Å². The lowest BCUT2D eigenvalue weighted by atomic mass is 10.1. The minimum Gasteiger partial charge on any atom is -0.465 e. The van der Waals surface area contributed by atoms with Gasteiger partial charge in [-0.25, -0.2) is 0 Å². The molecule has 2 unspecified atom stereocenters. The summed E-state index contributed by atoms with van der Waals surface area (Å²) in [6.45, 7) is 21.3. The molecule has 0 bridgehead atoms. The SMILES string of the molecule is C=O.CCCCCCCCCCSCC(C)C(=O)OSSCCOC(=O)CCN(CCC)CCCN(C)CCCC.CCCCCCCCCCSCC(C)C=O.COCCSSCCO. The molecule has 0 aliphatic carbocycles. The van der Waals surface area contributed by atoms with Crippen LogP contribution in [0.25, 0.3) is 0 Å². The highest BCUT2D eigenvalue weighted by atomic mass is 33.1. The fourth-order valence-electron chi connectivity index (χ4n) is 6.03. The van der Waals surface area contributed by atoms with Crippen molar-refractivity contribution in [3.8, 4) is 0 Å². The fourth-order valence-corrected chi connectivity index (χ4v) is 11.0. The fraction of sp³-hybridized carbons (Fsp3) is 0.920. The van der Waals surface area contributed by atoms with Crippen molar-refractivity contribution in [3.05, 3.63) is 0 Å². The predicted molar refractivity (Wildman–Crippen MR) is 301 cm³/mol. The van der Waals surface area contributed by atoms with Gasteiger partial charge in [0, 0.05) is 48.3 Å². The van der Waals surface area contributed by atoms with Crippen molar-refractivity contribution in [1.82, 2.24) is 9.80 Å². The first kappa shape index (κ1) is 72.8. The Labute approximate surface area is 432 Å². The van der Waals surface area contributed by atoms with Gasteiger partial charge in [0.05, 0.1) is 25.6 Å². The van der Waals surface area contributed by atoms with Crippen LogP contribution in [0, 0.1) is 11.8 Å². The predicted octanol–water partition coefficient (Wildman–Crippen LogP) is 13.6. The van der Waals surface area contributed by atoms with Crippen molar-refractivity contribution in [2.24, 2.45) is 11.8 Å². The molecule has 396 valence electrons. The van der Waals surface area contributed by atoms with E-state index in [0.29, 0.717) is 18.8 Å². The Morgan fingerprint density at radius 3 is 1.65 bits per heavy atom. The molecular formula is C50H102N2O8S6. The Kier molecular flexibility index (Phi) is 71.9. The Morgan fingerprint density at radius 1 is 0.606 bits per heavy atom. The molecule has 0 radical (unpaired) electrons. The summed E-state index contributed by atoms with van der Waals surface area (Å²) in [5.41, 5.74) is 0. The molecule has 0 fully saturated rings. The van der Waals surface area contributed by atoms with Gasteiger partial charge < -0.3 is 38.2 Å². The molecule has 0 aliphatic heterocycles. The summed E-state index contributed by atoms with van der Waals surface area (Å²) >= 11 is 4.87. The Balaban J connectivity index is -0.000000578. The number of carbonyl (C=O) groups excluding carboxylic acids is 4. The van der Waals surface area contributed by atoms with Crippen LogP contribution in [0.15, 0.2) is 0 Å². The highest BCUT2D eigenvalue weighted by Gasteiger charge is 2.15. The standard InChI is InChI=1S/C30H60N2O4S3.C14H28OS.C5H12O2S2.CH2O/c1-6-9-11-12-13-14-15-16-25-37-27-28(4)30(34)36-39-38-26-24-35-29(33)18-23-32(19-8-3)22-17-21-31(5)20-10-7-2;1-3-4-5-6-7-8-9-10-11-16-13-14(2)12-15;1-7-3-5-9-8-4-2-6;1-2/h28H,6-27H2,1-5H3;12,14H,3-11,13H2,1-2H3;6H,2-5H2,1H3;1H2. The number of rotatable bonds is 47. The molecule has 0 spiro atoms. The Hall–Kier alpha value is 0.220. The molecular weight excluding hydrogens is 949 g/mol. The van der Waals surface area contributed by atoms with Gasteiger partial charge in [-0.3, -0.25) is 9.59 Å². The molecule has 1 N–H and O–H groups in total. The molecule has 0 heterocycles. The van der Waals surface area contributed by atoms with Crippen LogP contribution in [-0.4, -0.2) is 147 Å². The molecule has 0 amide bonds. The molecule has 0 aromatic carbocycles. The Morgan fingerprint density at radius 2 is 1.12 bits per heavy atom. The van der Waals surface area contributed by atoms with Crippen molar-refractivity contribution in [3.63, 3.8) is 0 Å². The third-order valence-corrected chi connectivity index (χ3v) is 16.6. The summed E-state index contributed by atoms with van der Waals surface area (Å²) in [5.74, 6) is 6.39. The van der Waals surface area contributed by atoms with Crippen LogP contribution >= 0.6 is 67.0 Å². The van der Waals surface area contributed by atoms with Gasteiger partial charge in [0.2, 0.25) is 0 Å². The number of thioether (sulfide) groups is 2. The molecule has 0 saturated carbocycles. The van der Waals surface area contributed by atoms with E-state index in [1.807, 2.05) is 44.2 Å². The van der Waals surface area contributed by atoms with Gasteiger partial charge in [-0.1, -0.05) is 159 Å². The zero-order valence-electron chi connectivity index (χ0n) is 43.5. The highest BCUT2D eigenvalue weighted by molar-refractivity contribution is 8.76. The maximum atomic E-state index is 12.2. The third kappa shape index (κ3) is 64.2. The van der Waals surface area contributed by atoms with E-state index in [4.69, 9.17) is 23.6 Å². The van der Waals surface area contributed by atoms with Crippen molar-refractivity contribution in [2.45, 2.75) is 176 Å². The summed E-state index contributed by atoms with van der Waals surface area (Å²) in [5, 5.41) is 8.36. The van der Waals surface area contributed by atoms with Gasteiger partial charge >= 0.3 is 11.9 Å². The smallest absolute Gasteiger partial charge is 0.322 e. The van der Waals surface area contributed by atoms with Crippen molar-refractivity contribution >= 4 is 92.0 Å². The summed E-state index contributed by atoms with van der Waals surface area (Å²) in [4.78, 5) is 47.5. The number of nitrogens with zero attached hydrogens (tertiary/aromatic N) is 2. The zero-order valence-corrected chi connectivity index (χ0v) is 48.4. The van der Waals surface area contributed by atoms with Crippen molar-refractivity contribution in [2.75, 3.05) is 107 Å². The van der Waals surface area contributed by atoms with Crippen molar-refractivity contribution in [1.29, 1.82) is 0 Å². The van der Waals surface area contributed by atoms with E-state index < -0.39 is 0 Å². The maximum absolute atomic E-state index is 12.2. The van der Waals surface area contributed by atoms with E-state index >= 15 is 0 Å². The van der Waals surface area contributed by atoms with Crippen LogP contribution in [0.2, 0.25) is 0 Å². The number of aliphatic hydroxyl groups excluding tert-OH is 1. The van der Waals surface area contributed by atoms with E-state index in [1.54, 1.807) is 28.7 Å². The largest absolute Gasteiger partial charge is 0.465 e. The topological polar surface area (TPSA) is 123 Å². The molecule has 10 nitrogen and oxygen atoms in total. The molecule has 2 atom stereocenters. The number of esters is 1. The van der Waals surface area contributed by atoms with Crippen LogP contribution in [0.1, 0.15) is 176 Å². The lowest BCUT2D eigenvalue weighted by molar-refractivity contribution is -0.143. The average Bonchev–Trinajstić information content (AvgIpc) is 3.33. The van der Waals surface area contributed by atoms with E-state index in [-0.39, 0.29) is 30.4 Å². The summed E-state index contributed by atoms with van der Waals surface area (Å²) in [7, 11) is 8.71. The first-order chi connectivity index (χ1) is 32.2. The number of aliphatic hydroxyl groups is 1. The normalized spacial score (nSPS) is 11.7. The van der Waals surface area contributed by atoms with Crippen LogP contribution in [0.4, 0.5) is 0 Å². The minimum absolute atomic E-state index is 0.0993. The number of ether oxygens (including phenoxy) is 2. The van der Waals surface area contributed by atoms with Crippen molar-refractivity contribution < 1.29 is 37.9 Å². The van der Waals surface area contributed by atoms with Gasteiger partial charge in [-0.15, -0.1) is 0 Å². The summed E-state index contributed by atoms with van der Waals surface area (Å²) < 4.78 is 15.5. The van der Waals surface area contributed by atoms with Crippen LogP contribution in [0.5, 0.6) is 0 Å². The monoisotopic (exact) mass is 1050 g/mol. The number of hydrogen-bond acceptors (Lipinski definition) is 16. The quantitative estimate of drug-likeness (QED) is 0.0204.